The average molecular weight is 1450 g/mol. The fraction of sp³-hybridized carbons (Fsp3) is 0.652. The zero-order valence-electron chi connectivity index (χ0n) is 61.2. The van der Waals surface area contributed by atoms with Gasteiger partial charge in [0.1, 0.15) is 60.4 Å². The number of guanidine groups is 1. The smallest absolute Gasteiger partial charge is 0.243 e. The van der Waals surface area contributed by atoms with E-state index in [1.807, 2.05) is 58.9 Å². The van der Waals surface area contributed by atoms with Crippen LogP contribution in [0, 0.1) is 23.7 Å². The lowest BCUT2D eigenvalue weighted by Gasteiger charge is -2.30. The van der Waals surface area contributed by atoms with Gasteiger partial charge in [0, 0.05) is 48.4 Å². The maximum Gasteiger partial charge on any atom is 0.243 e. The summed E-state index contributed by atoms with van der Waals surface area (Å²) in [5.41, 5.74) is 41.5. The molecule has 2 heterocycles. The van der Waals surface area contributed by atoms with Crippen molar-refractivity contribution in [2.24, 2.45) is 68.8 Å². The first-order chi connectivity index (χ1) is 49.0. The van der Waals surface area contributed by atoms with Crippen LogP contribution in [0.2, 0.25) is 0 Å². The third kappa shape index (κ3) is 31.9. The summed E-state index contributed by atoms with van der Waals surface area (Å²) >= 11 is 0. The Morgan fingerprint density at radius 1 is 0.466 bits per heavy atom. The van der Waals surface area contributed by atoms with Gasteiger partial charge in [-0.15, -0.1) is 0 Å². The number of para-hydroxylation sites is 1. The predicted octanol–water partition coefficient (Wildman–Crippen LogP) is -2.29. The Labute approximate surface area is 603 Å². The van der Waals surface area contributed by atoms with Crippen molar-refractivity contribution in [2.45, 2.75) is 225 Å². The molecule has 34 heteroatoms. The summed E-state index contributed by atoms with van der Waals surface area (Å²) in [6.07, 6.45) is 8.65. The molecule has 27 N–H and O–H groups in total. The van der Waals surface area contributed by atoms with Crippen LogP contribution in [0.5, 0.6) is 0 Å². The van der Waals surface area contributed by atoms with Gasteiger partial charge in [0.2, 0.25) is 70.9 Å². The van der Waals surface area contributed by atoms with Crippen LogP contribution in [-0.4, -0.2) is 191 Å². The molecule has 0 aliphatic rings. The van der Waals surface area contributed by atoms with Gasteiger partial charge in [0.15, 0.2) is 5.96 Å². The van der Waals surface area contributed by atoms with Crippen LogP contribution in [0.25, 0.3) is 10.9 Å². The molecular formula is C69H118N22O12. The molecule has 0 bridgehead atoms. The van der Waals surface area contributed by atoms with Crippen molar-refractivity contribution in [2.75, 3.05) is 39.3 Å². The molecule has 0 fully saturated rings. The largest absolute Gasteiger partial charge is 0.370 e. The van der Waals surface area contributed by atoms with Crippen LogP contribution in [0.15, 0.2) is 48.0 Å². The Hall–Kier alpha value is -9.28. The average Bonchev–Trinajstić information content (AvgIpc) is 1.74. The monoisotopic (exact) mass is 1450 g/mol. The highest BCUT2D eigenvalue weighted by Gasteiger charge is 2.38. The van der Waals surface area contributed by atoms with E-state index in [4.69, 9.17) is 40.1 Å². The fourth-order valence-corrected chi connectivity index (χ4v) is 11.3. The van der Waals surface area contributed by atoms with E-state index in [0.29, 0.717) is 75.6 Å². The summed E-state index contributed by atoms with van der Waals surface area (Å²) < 4.78 is 0. The molecule has 0 aliphatic heterocycles. The van der Waals surface area contributed by atoms with Crippen molar-refractivity contribution in [3.8, 4) is 0 Å². The first kappa shape index (κ1) is 87.9. The number of amides is 12. The number of primary amides is 1. The first-order valence-electron chi connectivity index (χ1n) is 36.0. The maximum atomic E-state index is 14.7. The number of unbranched alkanes of at least 4 members (excludes halogenated alkanes) is 3. The van der Waals surface area contributed by atoms with Gasteiger partial charge in [-0.05, 0) is 138 Å². The Kier molecular flexibility index (Phi) is 40.2. The standard InChI is InChI=1S/C69H118N22O12/c1-9-41(7)57(67(102)84-47(59(74)94)25-19-29-78-69(75)76)91-66(101)52(31-40(5)6)87-65(100)54(33-44-36-77-38-81-44)83-56(93)37-80-60(95)51(30-39(3)4)89-68(103)58(42(8)10-2)90-63(98)50(24-15-18-28-72)85-62(97)49(23-14-17-27-71)86-64(99)53(32-43-35-79-46-21-12-11-20-45(43)46)88-61(96)48(22-13-16-26-70)82-55(92)34-73/h11-12,20-21,35-36,38-42,47-54,57-58,79H,9-10,13-19,22-34,37,70-73H2,1-8H3,(H2,74,94)(H,77,81)(H,80,95)(H,82,92)(H,83,93)(H,84,102)(H,85,97)(H,86,99)(H,87,100)(H,88,96)(H,89,103)(H,90,98)(H,91,101)(H4,75,76,78)/t41-,42-,47-,48-,49-,50-,51-,52-,53-,54-,57-,58-/m0/s1. The Balaban J connectivity index is 1.88. The molecule has 2 aromatic heterocycles. The van der Waals surface area contributed by atoms with Crippen LogP contribution in [0.1, 0.15) is 163 Å². The highest BCUT2D eigenvalue weighted by Crippen LogP contribution is 2.21. The summed E-state index contributed by atoms with van der Waals surface area (Å²) in [5, 5.41) is 30.8. The number of nitrogens with zero attached hydrogens (tertiary/aromatic N) is 2. The van der Waals surface area contributed by atoms with Crippen molar-refractivity contribution in [1.82, 2.24) is 73.4 Å². The number of hydrogen-bond acceptors (Lipinski definition) is 18. The highest BCUT2D eigenvalue weighted by atomic mass is 16.2. The van der Waals surface area contributed by atoms with Crippen molar-refractivity contribution < 1.29 is 57.5 Å². The number of nitrogens with one attached hydrogen (secondary N) is 13. The third-order valence-corrected chi connectivity index (χ3v) is 17.6. The number of H-pyrrole nitrogens is 2. The normalized spacial score (nSPS) is 14.8. The zero-order chi connectivity index (χ0) is 76.7. The number of nitrogens with two attached hydrogens (primary N) is 7. The molecule has 0 saturated carbocycles. The quantitative estimate of drug-likeness (QED) is 0.0161. The molecule has 12 amide bonds. The van der Waals surface area contributed by atoms with E-state index in [9.17, 15) is 57.5 Å². The molecule has 1 aromatic carbocycles. The molecule has 3 rings (SSSR count). The summed E-state index contributed by atoms with van der Waals surface area (Å²) in [7, 11) is 0. The van der Waals surface area contributed by atoms with E-state index < -0.39 is 150 Å². The summed E-state index contributed by atoms with van der Waals surface area (Å²) in [6, 6.07) is -5.02. The third-order valence-electron chi connectivity index (χ3n) is 17.6. The van der Waals surface area contributed by atoms with Crippen molar-refractivity contribution >= 4 is 87.7 Å². The summed E-state index contributed by atoms with van der Waals surface area (Å²) in [5.74, 6) is -10.4. The number of aromatic nitrogens is 3. The van der Waals surface area contributed by atoms with E-state index in [1.165, 1.54) is 12.5 Å². The molecular weight excluding hydrogens is 1330 g/mol. The number of rotatable bonds is 51. The Morgan fingerprint density at radius 3 is 1.37 bits per heavy atom. The molecule has 34 nitrogen and oxygen atoms in total. The minimum Gasteiger partial charge on any atom is -0.370 e. The molecule has 0 saturated heterocycles. The van der Waals surface area contributed by atoms with E-state index in [0.717, 1.165) is 10.9 Å². The number of carbonyl (C=O) groups is 12. The number of fused-ring (bicyclic) bond motifs is 1. The Bertz CT molecular complexity index is 3210. The van der Waals surface area contributed by atoms with E-state index in [-0.39, 0.29) is 95.3 Å². The van der Waals surface area contributed by atoms with Crippen molar-refractivity contribution in [1.29, 1.82) is 0 Å². The second-order valence-corrected chi connectivity index (χ2v) is 27.1. The van der Waals surface area contributed by atoms with Crippen molar-refractivity contribution in [3.05, 3.63) is 54.2 Å². The first-order valence-corrected chi connectivity index (χ1v) is 36.0. The van der Waals surface area contributed by atoms with Gasteiger partial charge < -0.3 is 109 Å². The number of hydrogen-bond donors (Lipinski definition) is 20. The van der Waals surface area contributed by atoms with Gasteiger partial charge in [-0.3, -0.25) is 62.5 Å². The molecule has 0 unspecified atom stereocenters. The number of benzene rings is 1. The molecule has 0 spiro atoms. The van der Waals surface area contributed by atoms with E-state index in [2.05, 4.69) is 78.4 Å². The van der Waals surface area contributed by atoms with Crippen molar-refractivity contribution in [3.63, 3.8) is 0 Å². The lowest BCUT2D eigenvalue weighted by Crippen LogP contribution is -2.61. The lowest BCUT2D eigenvalue weighted by atomic mass is 9.96. The number of aliphatic imine (C=N–C) groups is 1. The molecule has 3 aromatic rings. The molecule has 12 atom stereocenters. The van der Waals surface area contributed by atoms with Crippen LogP contribution in [-0.2, 0) is 70.4 Å². The van der Waals surface area contributed by atoms with E-state index >= 15 is 0 Å². The van der Waals surface area contributed by atoms with Gasteiger partial charge in [-0.2, -0.15) is 0 Å². The highest BCUT2D eigenvalue weighted by molar-refractivity contribution is 5.99. The summed E-state index contributed by atoms with van der Waals surface area (Å²) in [4.78, 5) is 182. The van der Waals surface area contributed by atoms with Crippen LogP contribution >= 0.6 is 0 Å². The zero-order valence-corrected chi connectivity index (χ0v) is 61.2. The predicted molar refractivity (Wildman–Crippen MR) is 391 cm³/mol. The molecule has 103 heavy (non-hydrogen) atoms. The van der Waals surface area contributed by atoms with Gasteiger partial charge in [-0.25, -0.2) is 4.98 Å². The Morgan fingerprint density at radius 2 is 0.893 bits per heavy atom. The minimum absolute atomic E-state index is 0.0436. The van der Waals surface area contributed by atoms with Gasteiger partial charge in [0.05, 0.1) is 19.4 Å². The second kappa shape index (κ2) is 47.1. The fourth-order valence-electron chi connectivity index (χ4n) is 11.3. The molecule has 0 aliphatic carbocycles. The SMILES string of the molecule is CC[C@H](C)[C@H](NC(=O)[C@H](CC(C)C)NC(=O)[C@H](Cc1cnc[nH]1)NC(=O)CNC(=O)[C@H](CC(C)C)NC(=O)[C@@H](NC(=O)[C@H](CCCCN)NC(=O)[C@H](CCCCN)NC(=O)[C@H](Cc1c[nH]c2ccccc12)NC(=O)[C@H](CCCCN)NC(=O)CN)[C@@H](C)CC)C(=O)N[C@@H](CCCN=C(N)N)C(N)=O. The van der Waals surface area contributed by atoms with Gasteiger partial charge >= 0.3 is 0 Å². The van der Waals surface area contributed by atoms with Crippen LogP contribution < -0.4 is 98.6 Å². The minimum atomic E-state index is -1.37. The number of imidazole rings is 1. The van der Waals surface area contributed by atoms with Crippen LogP contribution in [0.4, 0.5) is 0 Å². The van der Waals surface area contributed by atoms with Gasteiger partial charge in [0.25, 0.3) is 0 Å². The van der Waals surface area contributed by atoms with Gasteiger partial charge in [-0.1, -0.05) is 86.4 Å². The molecule has 576 valence electrons. The van der Waals surface area contributed by atoms with E-state index in [1.54, 1.807) is 27.0 Å². The maximum absolute atomic E-state index is 14.7. The second-order valence-electron chi connectivity index (χ2n) is 27.1. The molecule has 0 radical (unpaired) electrons. The summed E-state index contributed by atoms with van der Waals surface area (Å²) in [6.45, 7) is 14.3. The lowest BCUT2D eigenvalue weighted by molar-refractivity contribution is -0.136. The number of carbonyl (C=O) groups excluding carboxylic acids is 12. The van der Waals surface area contributed by atoms with Crippen LogP contribution in [0.3, 0.4) is 0 Å². The number of aromatic amines is 2. The topological polar surface area (TPSA) is 576 Å².